The highest BCUT2D eigenvalue weighted by atomic mass is 15.3. The van der Waals surface area contributed by atoms with Gasteiger partial charge in [-0.05, 0) is 32.4 Å². The molecule has 66 valence electrons. The molecule has 0 saturated carbocycles. The van der Waals surface area contributed by atoms with Crippen molar-refractivity contribution in [3.8, 4) is 0 Å². The standard InChI is InChI=1S/C9H15N3/c1-7-6-9(11-12(7)2)8-4-3-5-10-8/h6,8,10H,3-5H2,1-2H3/t8-/m1/s1. The maximum atomic E-state index is 4.45. The van der Waals surface area contributed by atoms with Crippen LogP contribution in [0.3, 0.4) is 0 Å². The average Bonchev–Trinajstić information content (AvgIpc) is 2.61. The van der Waals surface area contributed by atoms with E-state index >= 15 is 0 Å². The van der Waals surface area contributed by atoms with Crippen LogP contribution in [0.15, 0.2) is 6.07 Å². The Hall–Kier alpha value is -0.830. The lowest BCUT2D eigenvalue weighted by Crippen LogP contribution is -2.13. The molecule has 0 spiro atoms. The molecule has 0 aliphatic carbocycles. The van der Waals surface area contributed by atoms with E-state index in [0.717, 1.165) is 6.54 Å². The number of nitrogens with zero attached hydrogens (tertiary/aromatic N) is 2. The molecule has 1 saturated heterocycles. The molecular weight excluding hydrogens is 150 g/mol. The molecule has 2 heterocycles. The van der Waals surface area contributed by atoms with E-state index in [1.165, 1.54) is 24.2 Å². The Labute approximate surface area is 72.8 Å². The number of hydrogen-bond donors (Lipinski definition) is 1. The maximum absolute atomic E-state index is 4.45. The summed E-state index contributed by atoms with van der Waals surface area (Å²) in [4.78, 5) is 0. The fraction of sp³-hybridized carbons (Fsp3) is 0.667. The first-order chi connectivity index (χ1) is 5.77. The van der Waals surface area contributed by atoms with E-state index in [4.69, 9.17) is 0 Å². The molecule has 12 heavy (non-hydrogen) atoms. The number of aryl methyl sites for hydroxylation is 2. The average molecular weight is 165 g/mol. The summed E-state index contributed by atoms with van der Waals surface area (Å²) in [5.41, 5.74) is 2.44. The lowest BCUT2D eigenvalue weighted by molar-refractivity contribution is 0.605. The predicted molar refractivity (Wildman–Crippen MR) is 47.9 cm³/mol. The van der Waals surface area contributed by atoms with Gasteiger partial charge in [-0.15, -0.1) is 0 Å². The number of aromatic nitrogens is 2. The normalized spacial score (nSPS) is 23.3. The molecule has 0 aromatic carbocycles. The van der Waals surface area contributed by atoms with Gasteiger partial charge >= 0.3 is 0 Å². The van der Waals surface area contributed by atoms with Crippen molar-refractivity contribution in [3.05, 3.63) is 17.5 Å². The fourth-order valence-electron chi connectivity index (χ4n) is 1.70. The Morgan fingerprint density at radius 3 is 3.00 bits per heavy atom. The maximum Gasteiger partial charge on any atom is 0.0796 e. The number of rotatable bonds is 1. The topological polar surface area (TPSA) is 29.9 Å². The molecule has 3 heteroatoms. The molecule has 2 rings (SSSR count). The van der Waals surface area contributed by atoms with E-state index in [1.807, 2.05) is 11.7 Å². The Morgan fingerprint density at radius 1 is 1.67 bits per heavy atom. The Kier molecular flexibility index (Phi) is 1.89. The van der Waals surface area contributed by atoms with Gasteiger partial charge in [0, 0.05) is 12.7 Å². The first kappa shape index (κ1) is 7.80. The van der Waals surface area contributed by atoms with Gasteiger partial charge in [-0.1, -0.05) is 0 Å². The second kappa shape index (κ2) is 2.90. The third-order valence-corrected chi connectivity index (χ3v) is 2.55. The minimum atomic E-state index is 0.505. The van der Waals surface area contributed by atoms with E-state index in [0.29, 0.717) is 6.04 Å². The van der Waals surface area contributed by atoms with Crippen molar-refractivity contribution < 1.29 is 0 Å². The van der Waals surface area contributed by atoms with Gasteiger partial charge in [0.15, 0.2) is 0 Å². The Balaban J connectivity index is 2.21. The molecule has 0 unspecified atom stereocenters. The molecule has 3 nitrogen and oxygen atoms in total. The van der Waals surface area contributed by atoms with Crippen LogP contribution in [-0.4, -0.2) is 16.3 Å². The smallest absolute Gasteiger partial charge is 0.0796 e. The van der Waals surface area contributed by atoms with Crippen molar-refractivity contribution in [2.75, 3.05) is 6.54 Å². The zero-order chi connectivity index (χ0) is 8.55. The van der Waals surface area contributed by atoms with Crippen LogP contribution in [0.25, 0.3) is 0 Å². The zero-order valence-corrected chi connectivity index (χ0v) is 7.67. The highest BCUT2D eigenvalue weighted by molar-refractivity contribution is 5.13. The summed E-state index contributed by atoms with van der Waals surface area (Å²) in [5.74, 6) is 0. The van der Waals surface area contributed by atoms with E-state index < -0.39 is 0 Å². The summed E-state index contributed by atoms with van der Waals surface area (Å²) >= 11 is 0. The van der Waals surface area contributed by atoms with Gasteiger partial charge in [-0.3, -0.25) is 4.68 Å². The van der Waals surface area contributed by atoms with Crippen LogP contribution < -0.4 is 5.32 Å². The summed E-state index contributed by atoms with van der Waals surface area (Å²) in [6, 6.07) is 2.67. The van der Waals surface area contributed by atoms with Crippen molar-refractivity contribution in [1.29, 1.82) is 0 Å². The van der Waals surface area contributed by atoms with Crippen molar-refractivity contribution in [1.82, 2.24) is 15.1 Å². The third-order valence-electron chi connectivity index (χ3n) is 2.55. The van der Waals surface area contributed by atoms with E-state index in [-0.39, 0.29) is 0 Å². The van der Waals surface area contributed by atoms with Crippen LogP contribution >= 0.6 is 0 Å². The minimum Gasteiger partial charge on any atom is -0.309 e. The second-order valence-electron chi connectivity index (χ2n) is 3.48. The van der Waals surface area contributed by atoms with Crippen LogP contribution in [0.5, 0.6) is 0 Å². The van der Waals surface area contributed by atoms with Gasteiger partial charge in [-0.25, -0.2) is 0 Å². The monoisotopic (exact) mass is 165 g/mol. The van der Waals surface area contributed by atoms with Crippen LogP contribution in [0.1, 0.15) is 30.3 Å². The molecule has 1 aromatic rings. The van der Waals surface area contributed by atoms with Crippen LogP contribution in [0.4, 0.5) is 0 Å². The molecule has 1 fully saturated rings. The van der Waals surface area contributed by atoms with Gasteiger partial charge in [-0.2, -0.15) is 5.10 Å². The second-order valence-corrected chi connectivity index (χ2v) is 3.48. The lowest BCUT2D eigenvalue weighted by Gasteiger charge is -2.04. The molecular formula is C9H15N3. The highest BCUT2D eigenvalue weighted by Crippen LogP contribution is 2.21. The molecule has 0 radical (unpaired) electrons. The van der Waals surface area contributed by atoms with E-state index in [2.05, 4.69) is 23.4 Å². The summed E-state index contributed by atoms with van der Waals surface area (Å²) in [6.45, 7) is 3.23. The van der Waals surface area contributed by atoms with Crippen LogP contribution in [-0.2, 0) is 7.05 Å². The fourth-order valence-corrected chi connectivity index (χ4v) is 1.70. The van der Waals surface area contributed by atoms with E-state index in [1.54, 1.807) is 0 Å². The van der Waals surface area contributed by atoms with Crippen molar-refractivity contribution in [2.45, 2.75) is 25.8 Å². The molecule has 1 atom stereocenters. The van der Waals surface area contributed by atoms with Gasteiger partial charge in [0.1, 0.15) is 0 Å². The molecule has 0 bridgehead atoms. The Bertz CT molecular complexity index is 252. The van der Waals surface area contributed by atoms with Crippen molar-refractivity contribution in [2.24, 2.45) is 7.05 Å². The lowest BCUT2D eigenvalue weighted by atomic mass is 10.1. The van der Waals surface area contributed by atoms with Crippen LogP contribution in [0, 0.1) is 6.92 Å². The first-order valence-electron chi connectivity index (χ1n) is 4.51. The van der Waals surface area contributed by atoms with Gasteiger partial charge < -0.3 is 5.32 Å². The highest BCUT2D eigenvalue weighted by Gasteiger charge is 2.18. The van der Waals surface area contributed by atoms with Crippen molar-refractivity contribution in [3.63, 3.8) is 0 Å². The predicted octanol–water partition coefficient (Wildman–Crippen LogP) is 1.15. The summed E-state index contributed by atoms with van der Waals surface area (Å²) in [6.07, 6.45) is 2.51. The molecule has 1 aliphatic heterocycles. The zero-order valence-electron chi connectivity index (χ0n) is 7.67. The van der Waals surface area contributed by atoms with Crippen molar-refractivity contribution >= 4 is 0 Å². The van der Waals surface area contributed by atoms with Gasteiger partial charge in [0.05, 0.1) is 11.7 Å². The first-order valence-corrected chi connectivity index (χ1v) is 4.51. The van der Waals surface area contributed by atoms with Gasteiger partial charge in [0.25, 0.3) is 0 Å². The third kappa shape index (κ3) is 1.25. The number of hydrogen-bond acceptors (Lipinski definition) is 2. The van der Waals surface area contributed by atoms with Crippen LogP contribution in [0.2, 0.25) is 0 Å². The Morgan fingerprint density at radius 2 is 2.50 bits per heavy atom. The van der Waals surface area contributed by atoms with Gasteiger partial charge in [0.2, 0.25) is 0 Å². The summed E-state index contributed by atoms with van der Waals surface area (Å²) in [7, 11) is 1.99. The molecule has 0 amide bonds. The quantitative estimate of drug-likeness (QED) is 0.676. The summed E-state index contributed by atoms with van der Waals surface area (Å²) in [5, 5.41) is 7.88. The SMILES string of the molecule is Cc1cc([C@H]2CCCN2)nn1C. The molecule has 1 N–H and O–H groups in total. The minimum absolute atomic E-state index is 0.505. The van der Waals surface area contributed by atoms with E-state index in [9.17, 15) is 0 Å². The molecule has 1 aliphatic rings. The number of nitrogens with one attached hydrogen (secondary N) is 1. The molecule has 1 aromatic heterocycles. The summed E-state index contributed by atoms with van der Waals surface area (Å²) < 4.78 is 1.94. The largest absolute Gasteiger partial charge is 0.309 e.